The fourth-order valence-corrected chi connectivity index (χ4v) is 4.42. The van der Waals surface area contributed by atoms with E-state index < -0.39 is 0 Å². The second kappa shape index (κ2) is 7.58. The van der Waals surface area contributed by atoms with E-state index in [2.05, 4.69) is 15.5 Å². The van der Waals surface area contributed by atoms with Crippen molar-refractivity contribution in [1.82, 2.24) is 14.5 Å². The molecule has 138 valence electrons. The number of carbonyl (C=O) groups is 1. The lowest BCUT2D eigenvalue weighted by atomic mass is 10.1. The van der Waals surface area contributed by atoms with Gasteiger partial charge >= 0.3 is 0 Å². The van der Waals surface area contributed by atoms with Crippen molar-refractivity contribution >= 4 is 39.7 Å². The molecule has 4 aromatic rings. The van der Waals surface area contributed by atoms with Crippen LogP contribution in [0, 0.1) is 13.8 Å². The van der Waals surface area contributed by atoms with Gasteiger partial charge in [-0.15, -0.1) is 23.1 Å². The molecule has 0 unspecified atom stereocenters. The van der Waals surface area contributed by atoms with Crippen LogP contribution in [0.15, 0.2) is 46.6 Å². The first-order valence-corrected chi connectivity index (χ1v) is 10.5. The largest absolute Gasteiger partial charge is 0.361 e. The van der Waals surface area contributed by atoms with E-state index in [-0.39, 0.29) is 5.91 Å². The number of nitrogens with zero attached hydrogens (tertiary/aromatic N) is 3. The summed E-state index contributed by atoms with van der Waals surface area (Å²) in [7, 11) is 0. The van der Waals surface area contributed by atoms with Gasteiger partial charge in [0.15, 0.2) is 4.96 Å². The van der Waals surface area contributed by atoms with Gasteiger partial charge in [-0.25, -0.2) is 4.98 Å². The molecule has 1 aromatic carbocycles. The van der Waals surface area contributed by atoms with Crippen molar-refractivity contribution in [2.75, 3.05) is 11.1 Å². The third-order valence-corrected chi connectivity index (χ3v) is 5.95. The van der Waals surface area contributed by atoms with Crippen molar-refractivity contribution in [2.24, 2.45) is 0 Å². The molecule has 0 saturated carbocycles. The van der Waals surface area contributed by atoms with Crippen LogP contribution < -0.4 is 5.32 Å². The predicted octanol–water partition coefficient (Wildman–Crippen LogP) is 4.54. The van der Waals surface area contributed by atoms with Gasteiger partial charge < -0.3 is 9.84 Å². The summed E-state index contributed by atoms with van der Waals surface area (Å²) in [4.78, 5) is 17.7. The van der Waals surface area contributed by atoms with E-state index in [0.717, 1.165) is 38.9 Å². The van der Waals surface area contributed by atoms with Crippen molar-refractivity contribution < 1.29 is 9.32 Å². The van der Waals surface area contributed by atoms with E-state index in [1.165, 1.54) is 0 Å². The van der Waals surface area contributed by atoms with Gasteiger partial charge in [-0.2, -0.15) is 0 Å². The van der Waals surface area contributed by atoms with E-state index >= 15 is 0 Å². The Balaban J connectivity index is 1.32. The maximum Gasteiger partial charge on any atom is 0.234 e. The summed E-state index contributed by atoms with van der Waals surface area (Å²) in [6, 6.07) is 7.75. The highest BCUT2D eigenvalue weighted by Crippen LogP contribution is 2.23. The van der Waals surface area contributed by atoms with Crippen LogP contribution in [0.4, 0.5) is 5.69 Å². The van der Waals surface area contributed by atoms with Crippen LogP contribution in [0.25, 0.3) is 16.2 Å². The van der Waals surface area contributed by atoms with Crippen molar-refractivity contribution in [1.29, 1.82) is 0 Å². The number of hydrogen-bond donors (Lipinski definition) is 1. The topological polar surface area (TPSA) is 72.4 Å². The summed E-state index contributed by atoms with van der Waals surface area (Å²) >= 11 is 3.15. The number of hydrogen-bond acceptors (Lipinski definition) is 6. The number of anilines is 1. The summed E-state index contributed by atoms with van der Waals surface area (Å²) in [6.45, 7) is 3.80. The Bertz CT molecular complexity index is 1030. The van der Waals surface area contributed by atoms with E-state index in [1.54, 1.807) is 23.1 Å². The normalized spacial score (nSPS) is 11.2. The number of aryl methyl sites for hydroxylation is 2. The number of thioether (sulfide) groups is 1. The lowest BCUT2D eigenvalue weighted by molar-refractivity contribution is -0.113. The number of thiazole rings is 1. The number of nitrogens with one attached hydrogen (secondary N) is 1. The minimum Gasteiger partial charge on any atom is -0.361 e. The molecule has 0 aliphatic heterocycles. The summed E-state index contributed by atoms with van der Waals surface area (Å²) < 4.78 is 7.15. The monoisotopic (exact) mass is 398 g/mol. The van der Waals surface area contributed by atoms with Gasteiger partial charge in [0.2, 0.25) is 5.91 Å². The highest BCUT2D eigenvalue weighted by Gasteiger charge is 2.11. The number of benzene rings is 1. The van der Waals surface area contributed by atoms with E-state index in [9.17, 15) is 4.79 Å². The lowest BCUT2D eigenvalue weighted by Crippen LogP contribution is -2.14. The Morgan fingerprint density at radius 3 is 2.81 bits per heavy atom. The quantitative estimate of drug-likeness (QED) is 0.516. The van der Waals surface area contributed by atoms with Gasteiger partial charge in [-0.1, -0.05) is 17.3 Å². The molecule has 0 spiro atoms. The number of imidazole rings is 1. The Hall–Kier alpha value is -2.58. The molecule has 0 radical (unpaired) electrons. The predicted molar refractivity (Wildman–Crippen MR) is 109 cm³/mol. The third-order valence-electron chi connectivity index (χ3n) is 4.22. The standard InChI is InChI=1S/C19H18N4O2S2/c1-12-16(13(2)25-22-12)10-26-11-18(24)20-15-5-3-14(4-6-15)17-9-23-7-8-27-19(23)21-17/h3-9H,10-11H2,1-2H3,(H,20,24). The molecule has 3 heterocycles. The van der Waals surface area contributed by atoms with Crippen LogP contribution in [0.2, 0.25) is 0 Å². The molecule has 27 heavy (non-hydrogen) atoms. The van der Waals surface area contributed by atoms with Gasteiger partial charge in [0.05, 0.1) is 17.1 Å². The lowest BCUT2D eigenvalue weighted by Gasteiger charge is -2.06. The molecule has 0 aliphatic carbocycles. The molecule has 3 aromatic heterocycles. The number of fused-ring (bicyclic) bond motifs is 1. The third kappa shape index (κ3) is 3.91. The minimum atomic E-state index is -0.0259. The molecule has 1 amide bonds. The van der Waals surface area contributed by atoms with Crippen molar-refractivity contribution in [3.8, 4) is 11.3 Å². The van der Waals surface area contributed by atoms with Gasteiger partial charge in [0.25, 0.3) is 0 Å². The van der Waals surface area contributed by atoms with Gasteiger partial charge in [0.1, 0.15) is 5.76 Å². The molecule has 0 saturated heterocycles. The maximum atomic E-state index is 12.2. The highest BCUT2D eigenvalue weighted by molar-refractivity contribution is 7.99. The van der Waals surface area contributed by atoms with Gasteiger partial charge in [-0.3, -0.25) is 9.20 Å². The molecular weight excluding hydrogens is 380 g/mol. The van der Waals surface area contributed by atoms with Crippen molar-refractivity contribution in [3.05, 3.63) is 59.1 Å². The molecule has 0 aliphatic rings. The maximum absolute atomic E-state index is 12.2. The average Bonchev–Trinajstić information content (AvgIpc) is 3.33. The van der Waals surface area contributed by atoms with E-state index in [0.29, 0.717) is 11.5 Å². The Labute approximate surface area is 164 Å². The highest BCUT2D eigenvalue weighted by atomic mass is 32.2. The number of amides is 1. The smallest absolute Gasteiger partial charge is 0.234 e. The van der Waals surface area contributed by atoms with E-state index in [1.807, 2.05) is 60.3 Å². The molecule has 0 fully saturated rings. The Morgan fingerprint density at radius 1 is 1.30 bits per heavy atom. The first kappa shape index (κ1) is 17.8. The SMILES string of the molecule is Cc1noc(C)c1CSCC(=O)Nc1ccc(-c2cn3ccsc3n2)cc1. The summed E-state index contributed by atoms with van der Waals surface area (Å²) in [5.74, 6) is 1.88. The second-order valence-electron chi connectivity index (χ2n) is 6.14. The molecule has 8 heteroatoms. The Morgan fingerprint density at radius 2 is 2.11 bits per heavy atom. The van der Waals surface area contributed by atoms with E-state index in [4.69, 9.17) is 4.52 Å². The van der Waals surface area contributed by atoms with Crippen LogP contribution in [-0.2, 0) is 10.5 Å². The molecule has 0 bridgehead atoms. The van der Waals surface area contributed by atoms with Gasteiger partial charge in [0, 0.05) is 40.3 Å². The summed E-state index contributed by atoms with van der Waals surface area (Å²) in [6.07, 6.45) is 4.00. The zero-order chi connectivity index (χ0) is 18.8. The first-order chi connectivity index (χ1) is 13.1. The van der Waals surface area contributed by atoms with Crippen LogP contribution in [-0.4, -0.2) is 26.2 Å². The van der Waals surface area contributed by atoms with Crippen LogP contribution in [0.1, 0.15) is 17.0 Å². The zero-order valence-electron chi connectivity index (χ0n) is 14.9. The first-order valence-electron chi connectivity index (χ1n) is 8.42. The van der Waals surface area contributed by atoms with Crippen molar-refractivity contribution in [2.45, 2.75) is 19.6 Å². The van der Waals surface area contributed by atoms with Crippen molar-refractivity contribution in [3.63, 3.8) is 0 Å². The summed E-state index contributed by atoms with van der Waals surface area (Å²) in [5.41, 5.74) is 4.68. The van der Waals surface area contributed by atoms with Crippen LogP contribution >= 0.6 is 23.1 Å². The Kier molecular flexibility index (Phi) is 5.00. The fourth-order valence-electron chi connectivity index (χ4n) is 2.74. The minimum absolute atomic E-state index is 0.0259. The molecule has 0 atom stereocenters. The second-order valence-corrected chi connectivity index (χ2v) is 8.00. The molecule has 6 nitrogen and oxygen atoms in total. The number of rotatable bonds is 6. The van der Waals surface area contributed by atoms with Gasteiger partial charge in [-0.05, 0) is 26.0 Å². The number of aromatic nitrogens is 3. The fraction of sp³-hybridized carbons (Fsp3) is 0.211. The molecule has 1 N–H and O–H groups in total. The zero-order valence-corrected chi connectivity index (χ0v) is 16.6. The average molecular weight is 399 g/mol. The molecular formula is C19H18N4O2S2. The number of carbonyl (C=O) groups excluding carboxylic acids is 1. The molecule has 4 rings (SSSR count). The van der Waals surface area contributed by atoms with Crippen LogP contribution in [0.5, 0.6) is 0 Å². The van der Waals surface area contributed by atoms with Crippen LogP contribution in [0.3, 0.4) is 0 Å². The summed E-state index contributed by atoms with van der Waals surface area (Å²) in [5, 5.41) is 8.87.